The topological polar surface area (TPSA) is 86.3 Å². The molecule has 78 valence electrons. The van der Waals surface area contributed by atoms with Crippen molar-refractivity contribution in [3.8, 4) is 0 Å². The van der Waals surface area contributed by atoms with Gasteiger partial charge >= 0.3 is 0 Å². The van der Waals surface area contributed by atoms with Gasteiger partial charge in [-0.3, -0.25) is 20.2 Å². The van der Waals surface area contributed by atoms with Gasteiger partial charge < -0.3 is 0 Å². The van der Waals surface area contributed by atoms with Crippen LogP contribution in [0.5, 0.6) is 0 Å². The monoisotopic (exact) mass is 216 g/mol. The second kappa shape index (κ2) is 3.58. The lowest BCUT2D eigenvalue weighted by molar-refractivity contribution is -0.390. The largest absolute Gasteiger partial charge is 0.292 e. The number of nitro groups is 2. The number of hydrogen-bond acceptors (Lipinski definition) is 4. The third-order valence-corrected chi connectivity index (χ3v) is 2.09. The number of non-ortho nitro benzene ring substituents is 2. The van der Waals surface area contributed by atoms with Gasteiger partial charge in [0.1, 0.15) is 5.39 Å². The van der Waals surface area contributed by atoms with Crippen LogP contribution in [0.4, 0.5) is 11.4 Å². The Morgan fingerprint density at radius 3 is 1.75 bits per heavy atom. The lowest BCUT2D eigenvalue weighted by Crippen LogP contribution is -1.94. The van der Waals surface area contributed by atoms with Crippen molar-refractivity contribution < 1.29 is 9.85 Å². The van der Waals surface area contributed by atoms with Gasteiger partial charge in [0.25, 0.3) is 11.4 Å². The number of nitrogens with zero attached hydrogens (tertiary/aromatic N) is 2. The average molecular weight is 216 g/mol. The maximum Gasteiger partial charge on any atom is 0.292 e. The summed E-state index contributed by atoms with van der Waals surface area (Å²) in [5.74, 6) is 0. The lowest BCUT2D eigenvalue weighted by atomic mass is 10.1. The molecular weight excluding hydrogens is 212 g/mol. The first-order chi connectivity index (χ1) is 7.61. The van der Waals surface area contributed by atoms with Crippen LogP contribution in [0.3, 0.4) is 0 Å². The summed E-state index contributed by atoms with van der Waals surface area (Å²) in [5, 5.41) is 21.8. The van der Waals surface area contributed by atoms with Crippen LogP contribution >= 0.6 is 0 Å². The minimum atomic E-state index is -0.691. The van der Waals surface area contributed by atoms with Gasteiger partial charge in [-0.15, -0.1) is 0 Å². The zero-order chi connectivity index (χ0) is 11.7. The van der Waals surface area contributed by atoms with Gasteiger partial charge in [0.2, 0.25) is 0 Å². The van der Waals surface area contributed by atoms with Crippen LogP contribution in [0.2, 0.25) is 0 Å². The molecule has 0 aliphatic heterocycles. The Morgan fingerprint density at radius 2 is 1.38 bits per heavy atom. The number of fused-ring (bicyclic) bond motifs is 1. The predicted molar refractivity (Wildman–Crippen MR) is 54.9 cm³/mol. The van der Waals surface area contributed by atoms with Crippen LogP contribution in [-0.4, -0.2) is 9.85 Å². The number of benzene rings is 2. The molecule has 0 saturated carbocycles. The first kappa shape index (κ1) is 10.0. The summed E-state index contributed by atoms with van der Waals surface area (Å²) in [4.78, 5) is 20.1. The first-order valence-corrected chi connectivity index (χ1v) is 4.25. The molecule has 0 atom stereocenters. The Labute approximate surface area is 89.4 Å². The van der Waals surface area contributed by atoms with Crippen LogP contribution in [0.25, 0.3) is 10.8 Å². The van der Waals surface area contributed by atoms with E-state index in [0.29, 0.717) is 5.39 Å². The summed E-state index contributed by atoms with van der Waals surface area (Å²) < 4.78 is 0. The van der Waals surface area contributed by atoms with E-state index in [4.69, 9.17) is 0 Å². The van der Waals surface area contributed by atoms with Gasteiger partial charge in [-0.05, 0) is 17.5 Å². The summed E-state index contributed by atoms with van der Waals surface area (Å²) in [7, 11) is 0. The van der Waals surface area contributed by atoms with Gasteiger partial charge in [-0.2, -0.15) is 0 Å². The molecule has 0 bridgehead atoms. The van der Waals surface area contributed by atoms with Crippen LogP contribution in [-0.2, 0) is 0 Å². The summed E-state index contributed by atoms with van der Waals surface area (Å²) >= 11 is 0. The molecule has 0 spiro atoms. The van der Waals surface area contributed by atoms with Crippen molar-refractivity contribution in [3.63, 3.8) is 0 Å². The van der Waals surface area contributed by atoms with Crippen molar-refractivity contribution in [3.05, 3.63) is 56.6 Å². The Bertz CT molecular complexity index is 546. The fourth-order valence-electron chi connectivity index (χ4n) is 1.46. The minimum Gasteiger partial charge on any atom is -0.258 e. The van der Waals surface area contributed by atoms with E-state index >= 15 is 0 Å². The lowest BCUT2D eigenvalue weighted by Gasteiger charge is -1.99. The van der Waals surface area contributed by atoms with Crippen molar-refractivity contribution in [2.45, 2.75) is 0 Å². The van der Waals surface area contributed by atoms with Crippen LogP contribution in [0, 0.1) is 32.4 Å². The quantitative estimate of drug-likeness (QED) is 0.569. The molecule has 2 radical (unpaired) electrons. The molecule has 0 aliphatic rings. The highest BCUT2D eigenvalue weighted by Gasteiger charge is 2.21. The molecule has 2 rings (SSSR count). The standard InChI is InChI=1S/C10H4N2O4/c13-11(14)8-5-1-3-7-4-2-6-9(10(7)8)12(15)16/h1-4H. The smallest absolute Gasteiger partial charge is 0.258 e. The zero-order valence-corrected chi connectivity index (χ0v) is 7.84. The van der Waals surface area contributed by atoms with Gasteiger partial charge in [0, 0.05) is 0 Å². The fraction of sp³-hybridized carbons (Fsp3) is 0. The Morgan fingerprint density at radius 1 is 0.938 bits per heavy atom. The second-order valence-electron chi connectivity index (χ2n) is 3.00. The number of hydrogen-bond donors (Lipinski definition) is 0. The fourth-order valence-corrected chi connectivity index (χ4v) is 1.46. The third-order valence-electron chi connectivity index (χ3n) is 2.09. The van der Waals surface area contributed by atoms with Crippen molar-refractivity contribution in [2.75, 3.05) is 0 Å². The van der Waals surface area contributed by atoms with E-state index in [0.717, 1.165) is 0 Å². The van der Waals surface area contributed by atoms with Crippen molar-refractivity contribution in [2.24, 2.45) is 0 Å². The van der Waals surface area contributed by atoms with Gasteiger partial charge in [-0.1, -0.05) is 12.1 Å². The van der Waals surface area contributed by atoms with Crippen LogP contribution in [0.1, 0.15) is 0 Å². The average Bonchev–Trinajstić information content (AvgIpc) is 2.27. The van der Waals surface area contributed by atoms with Crippen LogP contribution in [0.15, 0.2) is 24.3 Å². The van der Waals surface area contributed by atoms with Crippen molar-refractivity contribution in [1.29, 1.82) is 0 Å². The second-order valence-corrected chi connectivity index (χ2v) is 3.00. The van der Waals surface area contributed by atoms with E-state index in [1.54, 1.807) is 0 Å². The van der Waals surface area contributed by atoms with E-state index in [1.165, 1.54) is 24.3 Å². The number of rotatable bonds is 2. The molecule has 0 N–H and O–H groups in total. The first-order valence-electron chi connectivity index (χ1n) is 4.25. The molecule has 0 fully saturated rings. The Balaban J connectivity index is 2.92. The maximum absolute atomic E-state index is 10.7. The molecule has 6 nitrogen and oxygen atoms in total. The molecule has 2 aromatic rings. The zero-order valence-electron chi connectivity index (χ0n) is 7.84. The third kappa shape index (κ3) is 1.46. The molecular formula is C10H4N2O4. The molecule has 16 heavy (non-hydrogen) atoms. The highest BCUT2D eigenvalue weighted by atomic mass is 16.6. The SMILES string of the molecule is O=[N+]([O-])c1[c]ccc2cc[c]c([N+](=O)[O-])c12. The maximum atomic E-state index is 10.7. The van der Waals surface area contributed by atoms with E-state index < -0.39 is 21.2 Å². The van der Waals surface area contributed by atoms with Gasteiger partial charge in [0.05, 0.1) is 22.0 Å². The van der Waals surface area contributed by atoms with E-state index in [-0.39, 0.29) is 5.39 Å². The van der Waals surface area contributed by atoms with E-state index in [1.807, 2.05) is 0 Å². The number of nitro benzene ring substituents is 2. The summed E-state index contributed by atoms with van der Waals surface area (Å²) in [5.41, 5.74) is -0.804. The van der Waals surface area contributed by atoms with E-state index in [9.17, 15) is 20.2 Å². The van der Waals surface area contributed by atoms with Crippen molar-refractivity contribution in [1.82, 2.24) is 0 Å². The molecule has 0 unspecified atom stereocenters. The molecule has 2 aromatic carbocycles. The Hall–Kier alpha value is -2.50. The van der Waals surface area contributed by atoms with E-state index in [2.05, 4.69) is 12.1 Å². The Kier molecular flexibility index (Phi) is 2.24. The molecule has 6 heteroatoms. The highest BCUT2D eigenvalue weighted by Crippen LogP contribution is 2.32. The molecule has 0 aromatic heterocycles. The van der Waals surface area contributed by atoms with Gasteiger partial charge in [0.15, 0.2) is 0 Å². The molecule has 0 aliphatic carbocycles. The highest BCUT2D eigenvalue weighted by molar-refractivity contribution is 5.97. The predicted octanol–water partition coefficient (Wildman–Crippen LogP) is 2.26. The summed E-state index contributed by atoms with van der Waals surface area (Å²) in [6, 6.07) is 10.6. The van der Waals surface area contributed by atoms with Crippen LogP contribution < -0.4 is 0 Å². The van der Waals surface area contributed by atoms with Gasteiger partial charge in [-0.25, -0.2) is 0 Å². The molecule has 0 amide bonds. The normalized spacial score (nSPS) is 10.2. The van der Waals surface area contributed by atoms with Crippen molar-refractivity contribution >= 4 is 22.1 Å². The summed E-state index contributed by atoms with van der Waals surface area (Å²) in [6.45, 7) is 0. The minimum absolute atomic E-state index is 0.0417. The molecule has 0 heterocycles. The molecule has 0 saturated heterocycles. The summed E-state index contributed by atoms with van der Waals surface area (Å²) in [6.07, 6.45) is 0.